The quantitative estimate of drug-likeness (QED) is 0.729. The van der Waals surface area contributed by atoms with Gasteiger partial charge in [0.1, 0.15) is 0 Å². The van der Waals surface area contributed by atoms with Gasteiger partial charge in [-0.15, -0.1) is 0 Å². The lowest BCUT2D eigenvalue weighted by atomic mass is 9.82. The number of hydrogen-bond acceptors (Lipinski definition) is 3. The van der Waals surface area contributed by atoms with Gasteiger partial charge in [-0.05, 0) is 86.8 Å². The number of hydrogen-bond donors (Lipinski definition) is 1. The fraction of sp³-hybridized carbons (Fsp3) is 0.417. The monoisotopic (exact) mass is 409 g/mol. The number of rotatable bonds is 6. The maximum atomic E-state index is 11.1. The molecule has 3 rings (SSSR count). The van der Waals surface area contributed by atoms with E-state index in [1.54, 1.807) is 0 Å². The summed E-state index contributed by atoms with van der Waals surface area (Å²) >= 11 is 5.78. The average Bonchev–Trinajstić information content (AvgIpc) is 2.71. The zero-order chi connectivity index (χ0) is 20.8. The number of aryl methyl sites for hydroxylation is 2. The van der Waals surface area contributed by atoms with Crippen LogP contribution >= 0.6 is 12.2 Å². The van der Waals surface area contributed by atoms with Crippen LogP contribution in [0, 0.1) is 25.7 Å². The summed E-state index contributed by atoms with van der Waals surface area (Å²) in [7, 11) is 0. The van der Waals surface area contributed by atoms with Crippen molar-refractivity contribution in [3.63, 3.8) is 0 Å². The number of carboxylic acids is 1. The van der Waals surface area contributed by atoms with Crippen molar-refractivity contribution in [2.45, 2.75) is 46.1 Å². The van der Waals surface area contributed by atoms with Crippen LogP contribution in [0.2, 0.25) is 0 Å². The maximum Gasteiger partial charge on any atom is 0.173 e. The lowest BCUT2D eigenvalue weighted by Crippen LogP contribution is -2.40. The van der Waals surface area contributed by atoms with Crippen molar-refractivity contribution < 1.29 is 9.90 Å². The van der Waals surface area contributed by atoms with Crippen molar-refractivity contribution in [1.82, 2.24) is 4.90 Å². The molecule has 29 heavy (non-hydrogen) atoms. The Balaban J connectivity index is 1.70. The molecule has 2 aromatic rings. The Morgan fingerprint density at radius 3 is 2.34 bits per heavy atom. The Morgan fingerprint density at radius 1 is 1.07 bits per heavy atom. The molecule has 2 aromatic carbocycles. The van der Waals surface area contributed by atoms with Crippen LogP contribution in [0.15, 0.2) is 48.5 Å². The fourth-order valence-electron chi connectivity index (χ4n) is 3.94. The van der Waals surface area contributed by atoms with E-state index in [4.69, 9.17) is 12.2 Å². The minimum atomic E-state index is -0.906. The number of carboxylic acid groups (broad SMARTS) is 1. The molecule has 0 heterocycles. The highest BCUT2D eigenvalue weighted by Crippen LogP contribution is 2.29. The topological polar surface area (TPSA) is 55.4 Å². The minimum Gasteiger partial charge on any atom is -0.550 e. The van der Waals surface area contributed by atoms with E-state index in [0.717, 1.165) is 31.6 Å². The van der Waals surface area contributed by atoms with Crippen LogP contribution in [0.4, 0.5) is 5.69 Å². The Hall–Kier alpha value is -2.40. The second kappa shape index (κ2) is 9.88. The van der Waals surface area contributed by atoms with Crippen LogP contribution in [0.3, 0.4) is 0 Å². The Morgan fingerprint density at radius 2 is 1.72 bits per heavy atom. The van der Waals surface area contributed by atoms with Crippen LogP contribution in [0.1, 0.15) is 42.4 Å². The summed E-state index contributed by atoms with van der Waals surface area (Å²) in [6.45, 7) is 5.75. The Labute approximate surface area is 178 Å². The predicted octanol–water partition coefficient (Wildman–Crippen LogP) is 4.06. The number of aliphatic carboxylic acids is 1. The summed E-state index contributed by atoms with van der Waals surface area (Å²) in [6, 6.07) is 16.6. The van der Waals surface area contributed by atoms with E-state index in [1.807, 2.05) is 18.2 Å². The standard InChI is InChI=1S/C24H30N2O2S/c1-17-7-13-22(14-8-17)25-24(29)26(16-21-6-4-3-5-18(21)2)15-19-9-11-20(12-10-19)23(27)28/h3-8,13-14,19-20H,9-12,15-16H2,1-2H3,(H,25,29)(H,27,28)/p-1. The molecule has 0 atom stereocenters. The van der Waals surface area contributed by atoms with Crippen molar-refractivity contribution in [3.8, 4) is 0 Å². The van der Waals surface area contributed by atoms with Gasteiger partial charge in [-0.2, -0.15) is 0 Å². The normalized spacial score (nSPS) is 18.8. The van der Waals surface area contributed by atoms with Crippen LogP contribution in [-0.2, 0) is 11.3 Å². The molecular weight excluding hydrogens is 380 g/mol. The lowest BCUT2D eigenvalue weighted by molar-refractivity contribution is -0.312. The van der Waals surface area contributed by atoms with E-state index in [0.29, 0.717) is 23.9 Å². The zero-order valence-electron chi connectivity index (χ0n) is 17.2. The molecule has 0 aliphatic heterocycles. The molecule has 1 aliphatic rings. The molecule has 1 fully saturated rings. The third-order valence-electron chi connectivity index (χ3n) is 5.87. The molecule has 1 aliphatic carbocycles. The van der Waals surface area contributed by atoms with E-state index in [9.17, 15) is 9.90 Å². The maximum absolute atomic E-state index is 11.1. The number of benzene rings is 2. The van der Waals surface area contributed by atoms with Crippen molar-refractivity contribution in [3.05, 3.63) is 65.2 Å². The number of thiocarbonyl (C=S) groups is 1. The Bertz CT molecular complexity index is 842. The summed E-state index contributed by atoms with van der Waals surface area (Å²) in [6.07, 6.45) is 3.19. The first-order valence-corrected chi connectivity index (χ1v) is 10.7. The van der Waals surface area contributed by atoms with E-state index < -0.39 is 5.97 Å². The molecule has 154 valence electrons. The summed E-state index contributed by atoms with van der Waals surface area (Å²) in [5.74, 6) is -0.766. The molecule has 1 N–H and O–H groups in total. The molecular formula is C24H29N2O2S-. The number of nitrogens with one attached hydrogen (secondary N) is 1. The molecule has 0 radical (unpaired) electrons. The van der Waals surface area contributed by atoms with E-state index in [-0.39, 0.29) is 5.92 Å². The van der Waals surface area contributed by atoms with Crippen LogP contribution in [0.5, 0.6) is 0 Å². The van der Waals surface area contributed by atoms with E-state index in [2.05, 4.69) is 54.4 Å². The van der Waals surface area contributed by atoms with Crippen LogP contribution in [0.25, 0.3) is 0 Å². The molecule has 5 heteroatoms. The smallest absolute Gasteiger partial charge is 0.173 e. The second-order valence-electron chi connectivity index (χ2n) is 8.14. The fourth-order valence-corrected chi connectivity index (χ4v) is 4.20. The molecule has 0 unspecified atom stereocenters. The Kier molecular flexibility index (Phi) is 7.26. The van der Waals surface area contributed by atoms with E-state index in [1.165, 1.54) is 16.7 Å². The molecule has 0 amide bonds. The van der Waals surface area contributed by atoms with Gasteiger partial charge in [0.2, 0.25) is 0 Å². The van der Waals surface area contributed by atoms with Crippen molar-refractivity contribution in [2.75, 3.05) is 11.9 Å². The number of nitrogens with zero attached hydrogens (tertiary/aromatic N) is 1. The van der Waals surface area contributed by atoms with Gasteiger partial charge in [-0.1, -0.05) is 42.0 Å². The van der Waals surface area contributed by atoms with Crippen LogP contribution in [-0.4, -0.2) is 22.5 Å². The molecule has 1 saturated carbocycles. The zero-order valence-corrected chi connectivity index (χ0v) is 18.0. The number of carbonyl (C=O) groups is 1. The summed E-state index contributed by atoms with van der Waals surface area (Å²) in [5.41, 5.74) is 4.69. The largest absolute Gasteiger partial charge is 0.550 e. The van der Waals surface area contributed by atoms with Crippen LogP contribution < -0.4 is 10.4 Å². The van der Waals surface area contributed by atoms with Gasteiger partial charge < -0.3 is 20.1 Å². The summed E-state index contributed by atoms with van der Waals surface area (Å²) in [4.78, 5) is 13.4. The molecule has 0 bridgehead atoms. The highest BCUT2D eigenvalue weighted by Gasteiger charge is 2.25. The summed E-state index contributed by atoms with van der Waals surface area (Å²) < 4.78 is 0. The third-order valence-corrected chi connectivity index (χ3v) is 6.23. The van der Waals surface area contributed by atoms with Crippen molar-refractivity contribution in [1.29, 1.82) is 0 Å². The molecule has 0 saturated heterocycles. The van der Waals surface area contributed by atoms with Gasteiger partial charge in [0.25, 0.3) is 0 Å². The second-order valence-corrected chi connectivity index (χ2v) is 8.53. The van der Waals surface area contributed by atoms with Crippen molar-refractivity contribution in [2.24, 2.45) is 11.8 Å². The highest BCUT2D eigenvalue weighted by atomic mass is 32.1. The summed E-state index contributed by atoms with van der Waals surface area (Å²) in [5, 5.41) is 15.2. The van der Waals surface area contributed by atoms with Crippen molar-refractivity contribution >= 4 is 29.0 Å². The van der Waals surface area contributed by atoms with Gasteiger partial charge in [0, 0.05) is 24.7 Å². The minimum absolute atomic E-state index is 0.297. The first kappa shape index (κ1) is 21.3. The third kappa shape index (κ3) is 6.04. The van der Waals surface area contributed by atoms with Gasteiger partial charge in [-0.3, -0.25) is 0 Å². The lowest BCUT2D eigenvalue weighted by Gasteiger charge is -2.34. The number of anilines is 1. The molecule has 4 nitrogen and oxygen atoms in total. The van der Waals surface area contributed by atoms with Gasteiger partial charge in [0.05, 0.1) is 0 Å². The van der Waals surface area contributed by atoms with Gasteiger partial charge >= 0.3 is 0 Å². The SMILES string of the molecule is Cc1ccc(NC(=S)N(Cc2ccccc2C)CC2CCC(C(=O)[O-])CC2)cc1. The molecule has 0 spiro atoms. The predicted molar refractivity (Wildman–Crippen MR) is 119 cm³/mol. The average molecular weight is 410 g/mol. The highest BCUT2D eigenvalue weighted by molar-refractivity contribution is 7.80. The number of carbonyl (C=O) groups excluding carboxylic acids is 1. The van der Waals surface area contributed by atoms with E-state index >= 15 is 0 Å². The van der Waals surface area contributed by atoms with Gasteiger partial charge in [0.15, 0.2) is 5.11 Å². The molecule has 0 aromatic heterocycles. The first-order chi connectivity index (χ1) is 13.9. The van der Waals surface area contributed by atoms with Gasteiger partial charge in [-0.25, -0.2) is 0 Å². The first-order valence-electron chi connectivity index (χ1n) is 10.3.